The van der Waals surface area contributed by atoms with Crippen molar-refractivity contribution in [2.75, 3.05) is 6.54 Å². The quantitative estimate of drug-likeness (QED) is 0.847. The van der Waals surface area contributed by atoms with E-state index >= 15 is 0 Å². The van der Waals surface area contributed by atoms with Crippen LogP contribution in [0.3, 0.4) is 0 Å². The molecule has 1 aromatic rings. The van der Waals surface area contributed by atoms with Crippen LogP contribution in [0.2, 0.25) is 0 Å². The van der Waals surface area contributed by atoms with Gasteiger partial charge in [0.05, 0.1) is 0 Å². The number of nitrogens with one attached hydrogen (secondary N) is 1. The van der Waals surface area contributed by atoms with Gasteiger partial charge in [0, 0.05) is 12.5 Å². The van der Waals surface area contributed by atoms with E-state index in [0.717, 1.165) is 24.9 Å². The molecule has 1 fully saturated rings. The Morgan fingerprint density at radius 1 is 1.29 bits per heavy atom. The molecular weight excluding hydrogens is 213 g/mol. The molecular formula is C15H22FN. The third-order valence-corrected chi connectivity index (χ3v) is 3.79. The SMILES string of the molecule is Cc1ccc(CC(F)C2CCCCN2)cc1C. The van der Waals surface area contributed by atoms with Gasteiger partial charge >= 0.3 is 0 Å². The van der Waals surface area contributed by atoms with Crippen molar-refractivity contribution in [3.8, 4) is 0 Å². The van der Waals surface area contributed by atoms with E-state index in [9.17, 15) is 4.39 Å². The molecule has 17 heavy (non-hydrogen) atoms. The monoisotopic (exact) mass is 235 g/mol. The predicted molar refractivity (Wildman–Crippen MR) is 70.2 cm³/mol. The van der Waals surface area contributed by atoms with Gasteiger partial charge in [-0.25, -0.2) is 4.39 Å². The molecule has 2 rings (SSSR count). The summed E-state index contributed by atoms with van der Waals surface area (Å²) in [5.41, 5.74) is 3.65. The highest BCUT2D eigenvalue weighted by molar-refractivity contribution is 5.30. The molecule has 0 aromatic heterocycles. The summed E-state index contributed by atoms with van der Waals surface area (Å²) in [6, 6.07) is 6.32. The van der Waals surface area contributed by atoms with Crippen LogP contribution in [0.25, 0.3) is 0 Å². The Bertz CT molecular complexity index is 369. The molecule has 94 valence electrons. The maximum Gasteiger partial charge on any atom is 0.119 e. The Kier molecular flexibility index (Phi) is 4.16. The zero-order valence-electron chi connectivity index (χ0n) is 10.8. The van der Waals surface area contributed by atoms with Crippen LogP contribution < -0.4 is 5.32 Å². The van der Waals surface area contributed by atoms with Gasteiger partial charge in [0.15, 0.2) is 0 Å². The van der Waals surface area contributed by atoms with Gasteiger partial charge in [-0.1, -0.05) is 24.6 Å². The van der Waals surface area contributed by atoms with Crippen LogP contribution in [-0.2, 0) is 6.42 Å². The molecule has 0 aliphatic carbocycles. The van der Waals surface area contributed by atoms with E-state index in [1.165, 1.54) is 17.5 Å². The van der Waals surface area contributed by atoms with E-state index in [2.05, 4.69) is 37.4 Å². The lowest BCUT2D eigenvalue weighted by Crippen LogP contribution is -2.42. The van der Waals surface area contributed by atoms with Gasteiger partial charge in [-0.2, -0.15) is 0 Å². The molecule has 1 N–H and O–H groups in total. The van der Waals surface area contributed by atoms with Crippen molar-refractivity contribution in [1.82, 2.24) is 5.32 Å². The predicted octanol–water partition coefficient (Wildman–Crippen LogP) is 3.33. The molecule has 1 aliphatic rings. The Morgan fingerprint density at radius 2 is 2.12 bits per heavy atom. The molecule has 0 radical (unpaired) electrons. The molecule has 2 atom stereocenters. The average molecular weight is 235 g/mol. The highest BCUT2D eigenvalue weighted by Crippen LogP contribution is 2.18. The Labute approximate surface area is 103 Å². The van der Waals surface area contributed by atoms with Crippen LogP contribution >= 0.6 is 0 Å². The molecule has 0 amide bonds. The van der Waals surface area contributed by atoms with Gasteiger partial charge in [-0.3, -0.25) is 0 Å². The molecule has 2 heteroatoms. The first-order valence-electron chi connectivity index (χ1n) is 6.60. The fraction of sp³-hybridized carbons (Fsp3) is 0.600. The fourth-order valence-electron chi connectivity index (χ4n) is 2.49. The molecule has 1 saturated heterocycles. The summed E-state index contributed by atoms with van der Waals surface area (Å²) in [4.78, 5) is 0. The number of rotatable bonds is 3. The minimum Gasteiger partial charge on any atom is -0.311 e. The summed E-state index contributed by atoms with van der Waals surface area (Å²) in [6.07, 6.45) is 3.11. The third-order valence-electron chi connectivity index (χ3n) is 3.79. The average Bonchev–Trinajstić information content (AvgIpc) is 2.35. The van der Waals surface area contributed by atoms with Crippen LogP contribution in [0.15, 0.2) is 18.2 Å². The van der Waals surface area contributed by atoms with Crippen molar-refractivity contribution >= 4 is 0 Å². The van der Waals surface area contributed by atoms with Gasteiger partial charge in [-0.15, -0.1) is 0 Å². The lowest BCUT2D eigenvalue weighted by molar-refractivity contribution is 0.217. The first-order valence-corrected chi connectivity index (χ1v) is 6.60. The largest absolute Gasteiger partial charge is 0.311 e. The van der Waals surface area contributed by atoms with E-state index in [1.807, 2.05) is 0 Å². The van der Waals surface area contributed by atoms with Crippen molar-refractivity contribution in [1.29, 1.82) is 0 Å². The number of halogens is 1. The molecule has 2 unspecified atom stereocenters. The van der Waals surface area contributed by atoms with Crippen molar-refractivity contribution in [3.05, 3.63) is 34.9 Å². The van der Waals surface area contributed by atoms with Gasteiger partial charge < -0.3 is 5.32 Å². The molecule has 0 spiro atoms. The fourth-order valence-corrected chi connectivity index (χ4v) is 2.49. The molecule has 0 saturated carbocycles. The third kappa shape index (κ3) is 3.29. The van der Waals surface area contributed by atoms with E-state index in [-0.39, 0.29) is 6.04 Å². The number of hydrogen-bond donors (Lipinski definition) is 1. The Balaban J connectivity index is 1.96. The van der Waals surface area contributed by atoms with Crippen molar-refractivity contribution in [2.45, 2.75) is 51.7 Å². The minimum atomic E-state index is -0.752. The molecule has 1 aliphatic heterocycles. The summed E-state index contributed by atoms with van der Waals surface area (Å²) < 4.78 is 14.1. The second-order valence-electron chi connectivity index (χ2n) is 5.20. The Morgan fingerprint density at radius 3 is 2.76 bits per heavy atom. The van der Waals surface area contributed by atoms with Crippen LogP contribution in [0, 0.1) is 13.8 Å². The second kappa shape index (κ2) is 5.63. The summed E-state index contributed by atoms with van der Waals surface area (Å²) in [5.74, 6) is 0. The number of benzene rings is 1. The van der Waals surface area contributed by atoms with Crippen LogP contribution in [0.5, 0.6) is 0 Å². The number of piperidine rings is 1. The van der Waals surface area contributed by atoms with Crippen LogP contribution in [0.4, 0.5) is 4.39 Å². The smallest absolute Gasteiger partial charge is 0.119 e. The molecule has 1 heterocycles. The summed E-state index contributed by atoms with van der Waals surface area (Å²) >= 11 is 0. The zero-order valence-corrected chi connectivity index (χ0v) is 10.8. The lowest BCUT2D eigenvalue weighted by Gasteiger charge is -2.26. The van der Waals surface area contributed by atoms with Gasteiger partial charge in [0.2, 0.25) is 0 Å². The second-order valence-corrected chi connectivity index (χ2v) is 5.20. The number of alkyl halides is 1. The molecule has 0 bridgehead atoms. The lowest BCUT2D eigenvalue weighted by atomic mass is 9.95. The van der Waals surface area contributed by atoms with E-state index in [1.54, 1.807) is 0 Å². The van der Waals surface area contributed by atoms with Crippen LogP contribution in [0.1, 0.15) is 36.0 Å². The van der Waals surface area contributed by atoms with Gasteiger partial charge in [-0.05, 0) is 49.9 Å². The number of hydrogen-bond acceptors (Lipinski definition) is 1. The normalized spacial score (nSPS) is 22.4. The zero-order chi connectivity index (χ0) is 12.3. The first-order chi connectivity index (χ1) is 8.16. The molecule has 1 nitrogen and oxygen atoms in total. The van der Waals surface area contributed by atoms with E-state index < -0.39 is 6.17 Å². The van der Waals surface area contributed by atoms with Crippen molar-refractivity contribution in [2.24, 2.45) is 0 Å². The number of aryl methyl sites for hydroxylation is 2. The van der Waals surface area contributed by atoms with Gasteiger partial charge in [0.25, 0.3) is 0 Å². The van der Waals surface area contributed by atoms with Crippen molar-refractivity contribution in [3.63, 3.8) is 0 Å². The summed E-state index contributed by atoms with van der Waals surface area (Å²) in [7, 11) is 0. The van der Waals surface area contributed by atoms with Gasteiger partial charge in [0.1, 0.15) is 6.17 Å². The maximum atomic E-state index is 14.1. The molecule has 1 aromatic carbocycles. The van der Waals surface area contributed by atoms with E-state index in [0.29, 0.717) is 6.42 Å². The summed E-state index contributed by atoms with van der Waals surface area (Å²) in [5, 5.41) is 3.29. The van der Waals surface area contributed by atoms with Crippen molar-refractivity contribution < 1.29 is 4.39 Å². The maximum absolute atomic E-state index is 14.1. The first kappa shape index (κ1) is 12.6. The summed E-state index contributed by atoms with van der Waals surface area (Å²) in [6.45, 7) is 5.15. The minimum absolute atomic E-state index is 0.0605. The Hall–Kier alpha value is -0.890. The standard InChI is InChI=1S/C15H22FN/c1-11-6-7-13(9-12(11)2)10-14(16)15-5-3-4-8-17-15/h6-7,9,14-15,17H,3-5,8,10H2,1-2H3. The highest BCUT2D eigenvalue weighted by Gasteiger charge is 2.22. The topological polar surface area (TPSA) is 12.0 Å². The van der Waals surface area contributed by atoms with E-state index in [4.69, 9.17) is 0 Å². The highest BCUT2D eigenvalue weighted by atomic mass is 19.1. The van der Waals surface area contributed by atoms with Crippen LogP contribution in [-0.4, -0.2) is 18.8 Å².